The zero-order chi connectivity index (χ0) is 18.1. The summed E-state index contributed by atoms with van der Waals surface area (Å²) in [6.45, 7) is 4.37. The summed E-state index contributed by atoms with van der Waals surface area (Å²) in [6, 6.07) is 28.5. The normalized spacial score (nSPS) is 19.2. The van der Waals surface area contributed by atoms with E-state index >= 15 is 0 Å². The van der Waals surface area contributed by atoms with Gasteiger partial charge in [-0.15, -0.1) is 0 Å². The molecule has 0 aliphatic heterocycles. The van der Waals surface area contributed by atoms with Crippen LogP contribution in [0, 0.1) is 0 Å². The van der Waals surface area contributed by atoms with E-state index in [4.69, 9.17) is 0 Å². The highest BCUT2D eigenvalue weighted by Crippen LogP contribution is 2.54. The van der Waals surface area contributed by atoms with E-state index in [1.165, 1.54) is 33.4 Å². The minimum absolute atomic E-state index is 0.257. The highest BCUT2D eigenvalue weighted by atomic mass is 79.9. The van der Waals surface area contributed by atoms with Gasteiger partial charge in [0.05, 0.1) is 5.41 Å². The first kappa shape index (κ1) is 17.1. The molecule has 3 aromatic carbocycles. The van der Waals surface area contributed by atoms with Crippen LogP contribution < -0.4 is 0 Å². The largest absolute Gasteiger partial charge is 0.0870 e. The average Bonchev–Trinajstić information content (AvgIpc) is 2.93. The molecule has 0 spiro atoms. The van der Waals surface area contributed by atoms with Crippen molar-refractivity contribution >= 4 is 21.5 Å². The Hall–Kier alpha value is -2.38. The van der Waals surface area contributed by atoms with Crippen LogP contribution in [0.3, 0.4) is 0 Å². The van der Waals surface area contributed by atoms with Gasteiger partial charge in [-0.1, -0.05) is 94.8 Å². The summed E-state index contributed by atoms with van der Waals surface area (Å²) in [4.78, 5) is 0. The van der Waals surface area contributed by atoms with Gasteiger partial charge in [0.1, 0.15) is 0 Å². The van der Waals surface area contributed by atoms with Gasteiger partial charge in [-0.2, -0.15) is 0 Å². The van der Waals surface area contributed by atoms with Crippen LogP contribution in [0.2, 0.25) is 0 Å². The fourth-order valence-electron chi connectivity index (χ4n) is 4.33. The molecule has 0 saturated carbocycles. The van der Waals surface area contributed by atoms with E-state index in [1.54, 1.807) is 0 Å². The predicted molar refractivity (Wildman–Crippen MR) is 114 cm³/mol. The van der Waals surface area contributed by atoms with E-state index in [0.29, 0.717) is 0 Å². The van der Waals surface area contributed by atoms with E-state index in [-0.39, 0.29) is 5.41 Å². The lowest BCUT2D eigenvalue weighted by Gasteiger charge is -2.34. The van der Waals surface area contributed by atoms with E-state index < -0.39 is 0 Å². The second kappa shape index (κ2) is 6.74. The fraction of sp³-hybridized carbons (Fsp3) is 0.120. The van der Waals surface area contributed by atoms with Crippen molar-refractivity contribution in [2.75, 3.05) is 0 Å². The Morgan fingerprint density at radius 2 is 1.38 bits per heavy atom. The molecule has 1 unspecified atom stereocenters. The second-order valence-electron chi connectivity index (χ2n) is 6.71. The van der Waals surface area contributed by atoms with E-state index in [2.05, 4.69) is 121 Å². The molecule has 0 fully saturated rings. The van der Waals surface area contributed by atoms with Crippen molar-refractivity contribution in [1.29, 1.82) is 0 Å². The van der Waals surface area contributed by atoms with Crippen LogP contribution in [-0.4, -0.2) is 0 Å². The van der Waals surface area contributed by atoms with Crippen molar-refractivity contribution in [3.63, 3.8) is 0 Å². The fourth-order valence-corrected chi connectivity index (χ4v) is 4.60. The highest BCUT2D eigenvalue weighted by molar-refractivity contribution is 9.10. The van der Waals surface area contributed by atoms with Crippen LogP contribution >= 0.6 is 15.9 Å². The summed E-state index contributed by atoms with van der Waals surface area (Å²) in [5.74, 6) is 0. The van der Waals surface area contributed by atoms with Crippen molar-refractivity contribution in [2.45, 2.75) is 19.3 Å². The first-order valence-electron chi connectivity index (χ1n) is 8.95. The maximum absolute atomic E-state index is 3.59. The Morgan fingerprint density at radius 3 is 2.08 bits per heavy atom. The van der Waals surface area contributed by atoms with Crippen molar-refractivity contribution < 1.29 is 0 Å². The van der Waals surface area contributed by atoms with Crippen LogP contribution in [0.25, 0.3) is 5.57 Å². The van der Waals surface area contributed by atoms with Crippen LogP contribution in [0.1, 0.15) is 36.1 Å². The molecule has 0 bridgehead atoms. The number of fused-ring (bicyclic) bond motifs is 1. The third kappa shape index (κ3) is 2.42. The van der Waals surface area contributed by atoms with Crippen LogP contribution in [0.5, 0.6) is 0 Å². The smallest absolute Gasteiger partial charge is 0.0673 e. The molecule has 0 amide bonds. The molecule has 26 heavy (non-hydrogen) atoms. The minimum Gasteiger partial charge on any atom is -0.0870 e. The van der Waals surface area contributed by atoms with Crippen LogP contribution in [0.15, 0.2) is 101 Å². The molecule has 0 radical (unpaired) electrons. The Labute approximate surface area is 164 Å². The second-order valence-corrected chi connectivity index (χ2v) is 7.62. The number of hydrogen-bond donors (Lipinski definition) is 0. The lowest BCUT2D eigenvalue weighted by Crippen LogP contribution is -2.28. The summed E-state index contributed by atoms with van der Waals surface area (Å²) in [7, 11) is 0. The predicted octanol–water partition coefficient (Wildman–Crippen LogP) is 7.15. The lowest BCUT2D eigenvalue weighted by atomic mass is 9.67. The van der Waals surface area contributed by atoms with Crippen molar-refractivity contribution in [1.82, 2.24) is 0 Å². The summed E-state index contributed by atoms with van der Waals surface area (Å²) in [5.41, 5.74) is 7.75. The van der Waals surface area contributed by atoms with E-state index in [9.17, 15) is 0 Å². The molecule has 1 atom stereocenters. The van der Waals surface area contributed by atoms with Crippen molar-refractivity contribution in [2.24, 2.45) is 0 Å². The number of benzene rings is 3. The van der Waals surface area contributed by atoms with Gasteiger partial charge in [-0.25, -0.2) is 0 Å². The quantitative estimate of drug-likeness (QED) is 0.437. The zero-order valence-corrected chi connectivity index (χ0v) is 16.6. The number of allylic oxidation sites excluding steroid dienone is 4. The molecule has 0 aromatic heterocycles. The Morgan fingerprint density at radius 1 is 0.769 bits per heavy atom. The molecule has 4 rings (SSSR count). The van der Waals surface area contributed by atoms with Gasteiger partial charge >= 0.3 is 0 Å². The van der Waals surface area contributed by atoms with Crippen molar-refractivity contribution in [3.8, 4) is 0 Å². The maximum atomic E-state index is 3.59. The maximum Gasteiger partial charge on any atom is 0.0673 e. The van der Waals surface area contributed by atoms with Gasteiger partial charge in [-0.05, 0) is 59.4 Å². The molecular weight excluding hydrogens is 380 g/mol. The molecule has 1 aliphatic carbocycles. The first-order chi connectivity index (χ1) is 12.7. The van der Waals surface area contributed by atoms with Gasteiger partial charge in [0.2, 0.25) is 0 Å². The molecule has 3 aromatic rings. The molecule has 0 nitrogen and oxygen atoms in total. The lowest BCUT2D eigenvalue weighted by molar-refractivity contribution is 0.743. The Balaban J connectivity index is 2.14. The average molecular weight is 401 g/mol. The number of hydrogen-bond acceptors (Lipinski definition) is 0. The molecule has 128 valence electrons. The van der Waals surface area contributed by atoms with Gasteiger partial charge in [-0.3, -0.25) is 0 Å². The SMILES string of the molecule is CC=CC1=C(C)C(c2ccccc2)(c2ccc(Br)cc2)c2ccccc21. The monoisotopic (exact) mass is 400 g/mol. The minimum atomic E-state index is -0.257. The molecule has 0 heterocycles. The number of halogens is 1. The summed E-state index contributed by atoms with van der Waals surface area (Å²) < 4.78 is 1.10. The van der Waals surface area contributed by atoms with Gasteiger partial charge in [0.15, 0.2) is 0 Å². The molecule has 0 N–H and O–H groups in total. The summed E-state index contributed by atoms with van der Waals surface area (Å²) >= 11 is 3.59. The van der Waals surface area contributed by atoms with E-state index in [0.717, 1.165) is 4.47 Å². The Kier molecular flexibility index (Phi) is 4.42. The first-order valence-corrected chi connectivity index (χ1v) is 9.74. The van der Waals surface area contributed by atoms with Gasteiger partial charge in [0.25, 0.3) is 0 Å². The zero-order valence-electron chi connectivity index (χ0n) is 15.0. The van der Waals surface area contributed by atoms with Crippen LogP contribution in [0.4, 0.5) is 0 Å². The third-order valence-corrected chi connectivity index (χ3v) is 5.93. The third-order valence-electron chi connectivity index (χ3n) is 5.41. The summed E-state index contributed by atoms with van der Waals surface area (Å²) in [5, 5.41) is 0. The molecule has 1 aliphatic rings. The van der Waals surface area contributed by atoms with Gasteiger partial charge < -0.3 is 0 Å². The Bertz CT molecular complexity index is 994. The number of rotatable bonds is 3. The van der Waals surface area contributed by atoms with Gasteiger partial charge in [0, 0.05) is 4.47 Å². The molecule has 0 saturated heterocycles. The van der Waals surface area contributed by atoms with Crippen LogP contribution in [-0.2, 0) is 5.41 Å². The van der Waals surface area contributed by atoms with E-state index in [1.807, 2.05) is 0 Å². The standard InChI is InChI=1S/C25H21Br/c1-3-9-22-18(2)25(19-10-5-4-6-11-19,20-14-16-21(26)17-15-20)24-13-8-7-12-23(22)24/h3-17H,1-2H3. The molecular formula is C25H21Br. The highest BCUT2D eigenvalue weighted by Gasteiger charge is 2.44. The molecule has 1 heteroatoms. The topological polar surface area (TPSA) is 0 Å². The summed E-state index contributed by atoms with van der Waals surface area (Å²) in [6.07, 6.45) is 4.38. The van der Waals surface area contributed by atoms with Crippen molar-refractivity contribution in [3.05, 3.63) is 123 Å².